The minimum atomic E-state index is -0.0239. The Morgan fingerprint density at radius 1 is 1.42 bits per heavy atom. The van der Waals surface area contributed by atoms with Crippen LogP contribution >= 0.6 is 15.9 Å². The third-order valence-electron chi connectivity index (χ3n) is 2.89. The van der Waals surface area contributed by atoms with Gasteiger partial charge in [-0.1, -0.05) is 24.3 Å². The van der Waals surface area contributed by atoms with E-state index in [0.29, 0.717) is 6.54 Å². The van der Waals surface area contributed by atoms with Crippen molar-refractivity contribution >= 4 is 21.8 Å². The maximum Gasteiger partial charge on any atom is 0.241 e. The molecule has 4 nitrogen and oxygen atoms in total. The monoisotopic (exact) mass is 321 g/mol. The molecule has 0 saturated heterocycles. The van der Waals surface area contributed by atoms with Crippen LogP contribution in [0.2, 0.25) is 0 Å². The zero-order valence-corrected chi connectivity index (χ0v) is 12.4. The summed E-state index contributed by atoms with van der Waals surface area (Å²) < 4.78 is 2.48. The van der Waals surface area contributed by atoms with Crippen LogP contribution in [0.25, 0.3) is 0 Å². The van der Waals surface area contributed by atoms with Crippen molar-refractivity contribution in [2.75, 3.05) is 6.54 Å². The predicted molar refractivity (Wildman–Crippen MR) is 77.8 cm³/mol. The van der Waals surface area contributed by atoms with Gasteiger partial charge in [0.05, 0.1) is 10.7 Å². The zero-order chi connectivity index (χ0) is 13.7. The average Bonchev–Trinajstić information content (AvgIpc) is 2.77. The Morgan fingerprint density at radius 2 is 2.21 bits per heavy atom. The summed E-state index contributed by atoms with van der Waals surface area (Å²) in [5.41, 5.74) is 2.53. The molecule has 1 amide bonds. The van der Waals surface area contributed by atoms with Crippen LogP contribution in [0.5, 0.6) is 0 Å². The molecule has 0 atom stereocenters. The lowest BCUT2D eigenvalue weighted by molar-refractivity contribution is -0.121. The van der Waals surface area contributed by atoms with Crippen molar-refractivity contribution in [2.45, 2.75) is 19.9 Å². The highest BCUT2D eigenvalue weighted by atomic mass is 79.9. The summed E-state index contributed by atoms with van der Waals surface area (Å²) in [5, 5.41) is 6.95. The van der Waals surface area contributed by atoms with E-state index in [1.807, 2.05) is 12.1 Å². The number of carbonyl (C=O) groups is 1. The summed E-state index contributed by atoms with van der Waals surface area (Å²) in [4.78, 5) is 11.7. The van der Waals surface area contributed by atoms with Gasteiger partial charge in [-0.05, 0) is 40.4 Å². The number of carbonyl (C=O) groups excluding carboxylic acids is 1. The Morgan fingerprint density at radius 3 is 2.89 bits per heavy atom. The second kappa shape index (κ2) is 6.52. The van der Waals surface area contributed by atoms with Gasteiger partial charge in [-0.25, -0.2) is 0 Å². The lowest BCUT2D eigenvalue weighted by atomic mass is 10.1. The number of benzene rings is 1. The molecular weight excluding hydrogens is 306 g/mol. The number of halogens is 1. The van der Waals surface area contributed by atoms with Crippen LogP contribution in [0.3, 0.4) is 0 Å². The first-order chi connectivity index (χ1) is 9.15. The van der Waals surface area contributed by atoms with Crippen LogP contribution in [0, 0.1) is 6.92 Å². The van der Waals surface area contributed by atoms with E-state index in [0.717, 1.165) is 10.9 Å². The second-order valence-electron chi connectivity index (χ2n) is 4.38. The standard InChI is InChI=1S/C14H16BrN3O/c1-11-4-2-3-5-12(11)6-7-16-14(19)10-18-9-13(15)8-17-18/h2-5,8-9H,6-7,10H2,1H3,(H,16,19). The number of amides is 1. The van der Waals surface area contributed by atoms with E-state index in [2.05, 4.69) is 45.4 Å². The number of nitrogens with one attached hydrogen (secondary N) is 1. The fourth-order valence-corrected chi connectivity index (χ4v) is 2.18. The minimum Gasteiger partial charge on any atom is -0.354 e. The van der Waals surface area contributed by atoms with Gasteiger partial charge in [0.1, 0.15) is 6.54 Å². The first-order valence-corrected chi connectivity index (χ1v) is 6.93. The van der Waals surface area contributed by atoms with Crippen molar-refractivity contribution in [3.8, 4) is 0 Å². The van der Waals surface area contributed by atoms with Crippen LogP contribution in [-0.4, -0.2) is 22.2 Å². The first-order valence-electron chi connectivity index (χ1n) is 6.14. The van der Waals surface area contributed by atoms with Gasteiger partial charge in [0.2, 0.25) is 5.91 Å². The van der Waals surface area contributed by atoms with Gasteiger partial charge in [0.15, 0.2) is 0 Å². The molecule has 1 aromatic heterocycles. The van der Waals surface area contributed by atoms with E-state index in [9.17, 15) is 4.79 Å². The Hall–Kier alpha value is -1.62. The van der Waals surface area contributed by atoms with Gasteiger partial charge < -0.3 is 5.32 Å². The Labute approximate surface area is 120 Å². The molecule has 5 heteroatoms. The molecule has 2 aromatic rings. The molecule has 0 aliphatic heterocycles. The summed E-state index contributed by atoms with van der Waals surface area (Å²) in [6, 6.07) is 8.21. The SMILES string of the molecule is Cc1ccccc1CCNC(=O)Cn1cc(Br)cn1. The molecule has 1 heterocycles. The molecule has 2 rings (SSSR count). The van der Waals surface area contributed by atoms with E-state index in [1.165, 1.54) is 11.1 Å². The third kappa shape index (κ3) is 4.21. The Kier molecular flexibility index (Phi) is 4.74. The molecule has 0 radical (unpaired) electrons. The van der Waals surface area contributed by atoms with Crippen molar-refractivity contribution < 1.29 is 4.79 Å². The molecule has 100 valence electrons. The van der Waals surface area contributed by atoms with Gasteiger partial charge in [-0.3, -0.25) is 9.48 Å². The molecule has 0 unspecified atom stereocenters. The number of aryl methyl sites for hydroxylation is 1. The van der Waals surface area contributed by atoms with E-state index < -0.39 is 0 Å². The van der Waals surface area contributed by atoms with Crippen molar-refractivity contribution in [3.05, 3.63) is 52.3 Å². The van der Waals surface area contributed by atoms with Crippen molar-refractivity contribution in [3.63, 3.8) is 0 Å². The predicted octanol–water partition coefficient (Wildman–Crippen LogP) is 2.31. The van der Waals surface area contributed by atoms with E-state index in [4.69, 9.17) is 0 Å². The zero-order valence-electron chi connectivity index (χ0n) is 10.8. The molecule has 1 N–H and O–H groups in total. The number of rotatable bonds is 5. The van der Waals surface area contributed by atoms with Crippen molar-refractivity contribution in [1.29, 1.82) is 0 Å². The number of hydrogen-bond acceptors (Lipinski definition) is 2. The van der Waals surface area contributed by atoms with Crippen LogP contribution in [-0.2, 0) is 17.8 Å². The van der Waals surface area contributed by atoms with Crippen molar-refractivity contribution in [2.24, 2.45) is 0 Å². The summed E-state index contributed by atoms with van der Waals surface area (Å²) in [7, 11) is 0. The quantitative estimate of drug-likeness (QED) is 0.918. The molecule has 0 spiro atoms. The fourth-order valence-electron chi connectivity index (χ4n) is 1.86. The largest absolute Gasteiger partial charge is 0.354 e. The van der Waals surface area contributed by atoms with Gasteiger partial charge in [0.25, 0.3) is 0 Å². The van der Waals surface area contributed by atoms with Gasteiger partial charge in [-0.2, -0.15) is 5.10 Å². The number of nitrogens with zero attached hydrogens (tertiary/aromatic N) is 2. The highest BCUT2D eigenvalue weighted by molar-refractivity contribution is 9.10. The number of aromatic nitrogens is 2. The summed E-state index contributed by atoms with van der Waals surface area (Å²) in [5.74, 6) is -0.0239. The van der Waals surface area contributed by atoms with Gasteiger partial charge in [-0.15, -0.1) is 0 Å². The molecule has 1 aromatic carbocycles. The Bertz CT molecular complexity index is 565. The van der Waals surface area contributed by atoms with E-state index >= 15 is 0 Å². The fraction of sp³-hybridized carbons (Fsp3) is 0.286. The summed E-state index contributed by atoms with van der Waals surface area (Å²) in [6.07, 6.45) is 4.29. The average molecular weight is 322 g/mol. The topological polar surface area (TPSA) is 46.9 Å². The van der Waals surface area contributed by atoms with E-state index in [1.54, 1.807) is 17.1 Å². The normalized spacial score (nSPS) is 10.4. The molecule has 0 fully saturated rings. The molecule has 0 aliphatic rings. The molecule has 0 bridgehead atoms. The van der Waals surface area contributed by atoms with Crippen molar-refractivity contribution in [1.82, 2.24) is 15.1 Å². The molecule has 0 saturated carbocycles. The van der Waals surface area contributed by atoms with Gasteiger partial charge >= 0.3 is 0 Å². The van der Waals surface area contributed by atoms with Gasteiger partial charge in [0, 0.05) is 12.7 Å². The summed E-state index contributed by atoms with van der Waals surface area (Å²) in [6.45, 7) is 2.98. The molecule has 0 aliphatic carbocycles. The highest BCUT2D eigenvalue weighted by Gasteiger charge is 2.04. The molecular formula is C14H16BrN3O. The number of hydrogen-bond donors (Lipinski definition) is 1. The maximum absolute atomic E-state index is 11.7. The Balaban J connectivity index is 1.77. The second-order valence-corrected chi connectivity index (χ2v) is 5.30. The first kappa shape index (κ1) is 13.8. The summed E-state index contributed by atoms with van der Waals surface area (Å²) >= 11 is 3.30. The lowest BCUT2D eigenvalue weighted by Crippen LogP contribution is -2.29. The van der Waals surface area contributed by atoms with Crippen LogP contribution < -0.4 is 5.32 Å². The minimum absolute atomic E-state index is 0.0239. The highest BCUT2D eigenvalue weighted by Crippen LogP contribution is 2.07. The lowest BCUT2D eigenvalue weighted by Gasteiger charge is -2.07. The molecule has 19 heavy (non-hydrogen) atoms. The smallest absolute Gasteiger partial charge is 0.241 e. The van der Waals surface area contributed by atoms with E-state index in [-0.39, 0.29) is 12.5 Å². The van der Waals surface area contributed by atoms with Crippen LogP contribution in [0.4, 0.5) is 0 Å². The third-order valence-corrected chi connectivity index (χ3v) is 3.29. The maximum atomic E-state index is 11.7. The van der Waals surface area contributed by atoms with Crippen LogP contribution in [0.1, 0.15) is 11.1 Å². The van der Waals surface area contributed by atoms with Crippen LogP contribution in [0.15, 0.2) is 41.1 Å².